The summed E-state index contributed by atoms with van der Waals surface area (Å²) >= 11 is 0. The van der Waals surface area contributed by atoms with E-state index in [9.17, 15) is 0 Å². The van der Waals surface area contributed by atoms with Gasteiger partial charge < -0.3 is 9.47 Å². The van der Waals surface area contributed by atoms with Gasteiger partial charge in [-0.15, -0.1) is 0 Å². The summed E-state index contributed by atoms with van der Waals surface area (Å²) in [5, 5.41) is 0. The van der Waals surface area contributed by atoms with Gasteiger partial charge in [0, 0.05) is 25.4 Å². The average Bonchev–Trinajstić information content (AvgIpc) is 3.16. The Bertz CT molecular complexity index is 941. The number of anilines is 3. The van der Waals surface area contributed by atoms with Crippen LogP contribution in [-0.2, 0) is 14.1 Å². The van der Waals surface area contributed by atoms with Gasteiger partial charge in [0.05, 0.1) is 18.4 Å². The first-order valence-corrected chi connectivity index (χ1v) is 9.28. The van der Waals surface area contributed by atoms with E-state index in [1.807, 2.05) is 0 Å². The van der Waals surface area contributed by atoms with E-state index < -0.39 is 0 Å². The molecule has 0 aliphatic carbocycles. The zero-order chi connectivity index (χ0) is 18.4. The third-order valence-corrected chi connectivity index (χ3v) is 5.41. The molecular formula is C22H27N4+. The van der Waals surface area contributed by atoms with Crippen molar-refractivity contribution in [3.63, 3.8) is 0 Å². The summed E-state index contributed by atoms with van der Waals surface area (Å²) in [6.07, 6.45) is 2.36. The van der Waals surface area contributed by atoms with Crippen molar-refractivity contribution in [3.05, 3.63) is 60.8 Å². The van der Waals surface area contributed by atoms with E-state index >= 15 is 0 Å². The van der Waals surface area contributed by atoms with Gasteiger partial charge in [-0.25, -0.2) is 9.47 Å². The van der Waals surface area contributed by atoms with Crippen LogP contribution in [0.2, 0.25) is 0 Å². The Morgan fingerprint density at radius 1 is 0.923 bits per heavy atom. The monoisotopic (exact) mass is 347 g/mol. The van der Waals surface area contributed by atoms with Crippen molar-refractivity contribution in [2.45, 2.75) is 33.0 Å². The molecule has 3 heterocycles. The molecule has 1 aliphatic heterocycles. The minimum atomic E-state index is 0.266. The van der Waals surface area contributed by atoms with Crippen molar-refractivity contribution in [1.29, 1.82) is 0 Å². The fourth-order valence-corrected chi connectivity index (χ4v) is 4.24. The van der Waals surface area contributed by atoms with Gasteiger partial charge in [0.1, 0.15) is 0 Å². The van der Waals surface area contributed by atoms with E-state index in [0.29, 0.717) is 6.04 Å². The first kappa shape index (κ1) is 16.7. The van der Waals surface area contributed by atoms with Crippen LogP contribution in [0.25, 0.3) is 11.4 Å². The fourth-order valence-electron chi connectivity index (χ4n) is 4.24. The molecule has 0 radical (unpaired) electrons. The molecule has 3 aromatic rings. The lowest BCUT2D eigenvalue weighted by Crippen LogP contribution is -2.47. The van der Waals surface area contributed by atoms with Crippen molar-refractivity contribution < 1.29 is 4.57 Å². The van der Waals surface area contributed by atoms with E-state index in [2.05, 4.69) is 115 Å². The zero-order valence-electron chi connectivity index (χ0n) is 16.2. The highest BCUT2D eigenvalue weighted by Crippen LogP contribution is 2.43. The lowest BCUT2D eigenvalue weighted by Gasteiger charge is -2.28. The lowest BCUT2D eigenvalue weighted by molar-refractivity contribution is -0.647. The van der Waals surface area contributed by atoms with Crippen molar-refractivity contribution in [2.75, 3.05) is 9.80 Å². The number of aromatic nitrogens is 2. The number of fused-ring (bicyclic) bond motifs is 1. The van der Waals surface area contributed by atoms with Crippen LogP contribution < -0.4 is 14.4 Å². The molecule has 2 aromatic heterocycles. The lowest BCUT2D eigenvalue weighted by atomic mass is 10.2. The Morgan fingerprint density at radius 3 is 2.31 bits per heavy atom. The number of hydrogen-bond donors (Lipinski definition) is 0. The Balaban J connectivity index is 1.88. The Morgan fingerprint density at radius 2 is 1.65 bits per heavy atom. The van der Waals surface area contributed by atoms with Gasteiger partial charge in [-0.05, 0) is 57.2 Å². The maximum Gasteiger partial charge on any atom is 0.283 e. The van der Waals surface area contributed by atoms with Crippen molar-refractivity contribution in [1.82, 2.24) is 4.57 Å². The predicted octanol–water partition coefficient (Wildman–Crippen LogP) is 4.23. The molecule has 0 fully saturated rings. The van der Waals surface area contributed by atoms with Gasteiger partial charge in [-0.2, -0.15) is 0 Å². The first-order chi connectivity index (χ1) is 12.5. The van der Waals surface area contributed by atoms with Crippen LogP contribution in [0, 0.1) is 0 Å². The van der Waals surface area contributed by atoms with Crippen molar-refractivity contribution in [3.8, 4) is 11.4 Å². The van der Waals surface area contributed by atoms with Crippen LogP contribution in [0.1, 0.15) is 20.8 Å². The Hall–Kier alpha value is -2.75. The quantitative estimate of drug-likeness (QED) is 0.659. The molecule has 4 nitrogen and oxygen atoms in total. The summed E-state index contributed by atoms with van der Waals surface area (Å²) < 4.78 is 4.47. The molecule has 0 saturated heterocycles. The maximum atomic E-state index is 2.49. The van der Waals surface area contributed by atoms with Crippen molar-refractivity contribution in [2.24, 2.45) is 14.1 Å². The van der Waals surface area contributed by atoms with E-state index in [4.69, 9.17) is 0 Å². The largest absolute Gasteiger partial charge is 0.348 e. The Labute approximate surface area is 155 Å². The normalized spacial score (nSPS) is 16.5. The molecule has 4 rings (SSSR count). The minimum Gasteiger partial charge on any atom is -0.348 e. The van der Waals surface area contributed by atoms with Crippen LogP contribution in [0.15, 0.2) is 60.8 Å². The second-order valence-electron chi connectivity index (χ2n) is 7.32. The van der Waals surface area contributed by atoms with Gasteiger partial charge in [-0.1, -0.05) is 12.1 Å². The molecule has 1 aromatic carbocycles. The number of nitrogens with zero attached hydrogens (tertiary/aromatic N) is 4. The highest BCUT2D eigenvalue weighted by Gasteiger charge is 2.42. The molecule has 0 N–H and O–H groups in total. The standard InChI is InChI=1S/C22H27N4/c1-16(2)25-17(3)26(21-11-7-6-10-20(21)25)22-14-8-12-19(24(22)5)18-13-9-15-23(18)4/h6-17H,1-5H3/q+1. The molecule has 26 heavy (non-hydrogen) atoms. The third-order valence-electron chi connectivity index (χ3n) is 5.41. The van der Waals surface area contributed by atoms with Gasteiger partial charge >= 0.3 is 0 Å². The first-order valence-electron chi connectivity index (χ1n) is 9.28. The number of pyridine rings is 1. The molecule has 0 spiro atoms. The summed E-state index contributed by atoms with van der Waals surface area (Å²) in [6.45, 7) is 6.81. The maximum absolute atomic E-state index is 2.49. The molecule has 1 unspecified atom stereocenters. The molecule has 0 bridgehead atoms. The van der Waals surface area contributed by atoms with Crippen LogP contribution >= 0.6 is 0 Å². The highest BCUT2D eigenvalue weighted by molar-refractivity contribution is 5.82. The van der Waals surface area contributed by atoms with Crippen LogP contribution in [0.3, 0.4) is 0 Å². The number of rotatable bonds is 3. The van der Waals surface area contributed by atoms with Crippen LogP contribution in [0.5, 0.6) is 0 Å². The second-order valence-corrected chi connectivity index (χ2v) is 7.32. The van der Waals surface area contributed by atoms with Gasteiger partial charge in [0.2, 0.25) is 0 Å². The molecular weight excluding hydrogens is 320 g/mol. The Kier molecular flexibility index (Phi) is 3.98. The zero-order valence-corrected chi connectivity index (χ0v) is 16.2. The molecule has 0 amide bonds. The number of hydrogen-bond acceptors (Lipinski definition) is 2. The van der Waals surface area contributed by atoms with E-state index in [0.717, 1.165) is 0 Å². The molecule has 1 atom stereocenters. The fraction of sp³-hybridized carbons (Fsp3) is 0.318. The number of para-hydroxylation sites is 2. The van der Waals surface area contributed by atoms with Crippen LogP contribution in [-0.4, -0.2) is 16.8 Å². The number of benzene rings is 1. The van der Waals surface area contributed by atoms with Gasteiger partial charge in [-0.3, -0.25) is 0 Å². The predicted molar refractivity (Wildman–Crippen MR) is 108 cm³/mol. The topological polar surface area (TPSA) is 15.3 Å². The third kappa shape index (κ3) is 2.40. The summed E-state index contributed by atoms with van der Waals surface area (Å²) in [6, 6.07) is 20.0. The number of aryl methyl sites for hydroxylation is 1. The summed E-state index contributed by atoms with van der Waals surface area (Å²) in [4.78, 5) is 4.94. The van der Waals surface area contributed by atoms with Crippen molar-refractivity contribution >= 4 is 17.2 Å². The van der Waals surface area contributed by atoms with Crippen LogP contribution in [0.4, 0.5) is 17.2 Å². The minimum absolute atomic E-state index is 0.266. The summed E-state index contributed by atoms with van der Waals surface area (Å²) in [5.74, 6) is 1.20. The van der Waals surface area contributed by atoms with E-state index in [1.165, 1.54) is 28.6 Å². The average molecular weight is 347 g/mol. The summed E-state index contributed by atoms with van der Waals surface area (Å²) in [5.41, 5.74) is 5.01. The molecule has 4 heteroatoms. The molecule has 1 aliphatic rings. The highest BCUT2D eigenvalue weighted by atomic mass is 15.4. The molecule has 134 valence electrons. The van der Waals surface area contributed by atoms with E-state index in [1.54, 1.807) is 0 Å². The van der Waals surface area contributed by atoms with E-state index in [-0.39, 0.29) is 6.17 Å². The van der Waals surface area contributed by atoms with Gasteiger partial charge in [0.25, 0.3) is 5.82 Å². The SMILES string of the molecule is CC(C)N1c2ccccc2N(c2cccc(-c3cccn3C)[n+]2C)C1C. The second kappa shape index (κ2) is 6.20. The summed E-state index contributed by atoms with van der Waals surface area (Å²) in [7, 11) is 4.25. The molecule has 0 saturated carbocycles. The van der Waals surface area contributed by atoms with Gasteiger partial charge in [0.15, 0.2) is 17.5 Å². The smallest absolute Gasteiger partial charge is 0.283 e.